The average molecular weight is 510 g/mol. The zero-order valence-electron chi connectivity index (χ0n) is 20.2. The summed E-state index contributed by atoms with van der Waals surface area (Å²) in [5.74, 6) is -2.36. The van der Waals surface area contributed by atoms with E-state index in [4.69, 9.17) is 11.5 Å². The quantitative estimate of drug-likeness (QED) is 0.190. The Morgan fingerprint density at radius 2 is 1.91 bits per heavy atom. The van der Waals surface area contributed by atoms with Crippen molar-refractivity contribution in [1.82, 2.24) is 25.8 Å². The Morgan fingerprint density at radius 1 is 1.26 bits per heavy atom. The summed E-state index contributed by atoms with van der Waals surface area (Å²) in [6.07, 6.45) is 0.548. The van der Waals surface area contributed by atoms with Gasteiger partial charge in [0.15, 0.2) is 0 Å². The molecule has 0 bridgehead atoms. The first-order chi connectivity index (χ1) is 16.5. The van der Waals surface area contributed by atoms with Gasteiger partial charge in [0.2, 0.25) is 17.7 Å². The summed E-state index contributed by atoms with van der Waals surface area (Å²) < 4.78 is 0. The van der Waals surface area contributed by atoms with Gasteiger partial charge in [0.05, 0.1) is 24.5 Å². The predicted molar refractivity (Wildman–Crippen MR) is 130 cm³/mol. The van der Waals surface area contributed by atoms with E-state index in [1.807, 2.05) is 6.92 Å². The van der Waals surface area contributed by atoms with Crippen LogP contribution < -0.4 is 27.4 Å². The smallest absolute Gasteiger partial charge is 0.353 e. The van der Waals surface area contributed by atoms with Crippen molar-refractivity contribution in [2.24, 2.45) is 23.3 Å². The molecule has 4 heterocycles. The second kappa shape index (κ2) is 10.1. The molecule has 3 fully saturated rings. The molecule has 0 aromatic heterocycles. The number of carbonyl (C=O) groups excluding carboxylic acids is 3. The Labute approximate surface area is 208 Å². The third-order valence-electron chi connectivity index (χ3n) is 7.46. The number of thioether (sulfide) groups is 1. The summed E-state index contributed by atoms with van der Waals surface area (Å²) in [6, 6.07) is -1.56. The van der Waals surface area contributed by atoms with Crippen LogP contribution in [0.2, 0.25) is 0 Å². The van der Waals surface area contributed by atoms with Crippen molar-refractivity contribution < 1.29 is 24.3 Å². The van der Waals surface area contributed by atoms with Crippen LogP contribution in [0.4, 0.5) is 0 Å². The topological polar surface area (TPSA) is 183 Å². The van der Waals surface area contributed by atoms with Crippen LogP contribution in [0.25, 0.3) is 0 Å². The lowest BCUT2D eigenvalue weighted by Gasteiger charge is -2.47. The number of fused-ring (bicyclic) bond motifs is 1. The highest BCUT2D eigenvalue weighted by Gasteiger charge is 2.60. The molecule has 0 radical (unpaired) electrons. The number of nitrogens with one attached hydrogen (secondary N) is 3. The molecule has 3 amide bonds. The van der Waals surface area contributed by atoms with Gasteiger partial charge in [-0.3, -0.25) is 14.4 Å². The van der Waals surface area contributed by atoms with Gasteiger partial charge < -0.3 is 42.3 Å². The van der Waals surface area contributed by atoms with Gasteiger partial charge in [0.25, 0.3) is 0 Å². The number of hydrogen-bond donors (Lipinski definition) is 6. The van der Waals surface area contributed by atoms with E-state index in [1.54, 1.807) is 18.9 Å². The molecule has 8 N–H and O–H groups in total. The van der Waals surface area contributed by atoms with E-state index in [0.29, 0.717) is 31.0 Å². The fourth-order valence-corrected chi connectivity index (χ4v) is 7.15. The fraction of sp³-hybridized carbons (Fsp3) is 0.727. The SMILES string of the molecule is CNCC(=O)N[C@H](C)[C@H]1C(=O)N2C(C(=O)O)=C(S[C@@H]3CN[C@H](C(=O)N4C[C@H](N)[C@@H](N)C4)C3)[C@H](C)C12. The highest BCUT2D eigenvalue weighted by molar-refractivity contribution is 8.03. The molecular weight excluding hydrogens is 474 g/mol. The van der Waals surface area contributed by atoms with Crippen molar-refractivity contribution in [2.45, 2.75) is 55.7 Å². The van der Waals surface area contributed by atoms with Gasteiger partial charge in [0, 0.05) is 53.8 Å². The molecule has 4 rings (SSSR count). The molecular formula is C22H35N7O5S. The first-order valence-electron chi connectivity index (χ1n) is 12.0. The van der Waals surface area contributed by atoms with Crippen LogP contribution in [0.3, 0.4) is 0 Å². The van der Waals surface area contributed by atoms with Crippen LogP contribution in [0.5, 0.6) is 0 Å². The van der Waals surface area contributed by atoms with Gasteiger partial charge in [-0.25, -0.2) is 4.79 Å². The Bertz CT molecular complexity index is 935. The zero-order valence-corrected chi connectivity index (χ0v) is 21.0. The highest BCUT2D eigenvalue weighted by Crippen LogP contribution is 2.51. The van der Waals surface area contributed by atoms with Crippen molar-refractivity contribution in [3.05, 3.63) is 10.6 Å². The summed E-state index contributed by atoms with van der Waals surface area (Å²) in [5, 5.41) is 18.8. The van der Waals surface area contributed by atoms with Crippen LogP contribution in [0.15, 0.2) is 10.6 Å². The predicted octanol–water partition coefficient (Wildman–Crippen LogP) is -2.56. The van der Waals surface area contributed by atoms with Crippen molar-refractivity contribution in [2.75, 3.05) is 33.2 Å². The number of carbonyl (C=O) groups is 4. The zero-order chi connectivity index (χ0) is 25.6. The van der Waals surface area contributed by atoms with Gasteiger partial charge in [-0.1, -0.05) is 6.92 Å². The summed E-state index contributed by atoms with van der Waals surface area (Å²) in [4.78, 5) is 53.8. The molecule has 12 nitrogen and oxygen atoms in total. The van der Waals surface area contributed by atoms with Crippen LogP contribution in [-0.2, 0) is 19.2 Å². The van der Waals surface area contributed by atoms with E-state index in [9.17, 15) is 24.3 Å². The normalized spacial score (nSPS) is 35.2. The van der Waals surface area contributed by atoms with Crippen LogP contribution in [0.1, 0.15) is 20.3 Å². The lowest BCUT2D eigenvalue weighted by Crippen LogP contribution is -2.66. The number of β-lactam (4-membered cyclic amide) rings is 1. The molecule has 0 aliphatic carbocycles. The van der Waals surface area contributed by atoms with Crippen LogP contribution in [-0.4, -0.2) is 107 Å². The minimum atomic E-state index is -1.14. The number of amides is 3. The molecule has 0 aromatic rings. The van der Waals surface area contributed by atoms with Gasteiger partial charge in [-0.15, -0.1) is 11.8 Å². The maximum Gasteiger partial charge on any atom is 0.353 e. The van der Waals surface area contributed by atoms with Crippen molar-refractivity contribution in [3.63, 3.8) is 0 Å². The summed E-state index contributed by atoms with van der Waals surface area (Å²) in [5.41, 5.74) is 11.9. The molecule has 1 unspecified atom stereocenters. The maximum atomic E-state index is 13.0. The molecule has 3 saturated heterocycles. The molecule has 8 atom stereocenters. The third-order valence-corrected chi connectivity index (χ3v) is 8.97. The van der Waals surface area contributed by atoms with Gasteiger partial charge in [-0.2, -0.15) is 0 Å². The van der Waals surface area contributed by atoms with Crippen molar-refractivity contribution in [1.29, 1.82) is 0 Å². The number of nitrogens with two attached hydrogens (primary N) is 2. The molecule has 0 saturated carbocycles. The Kier molecular flexibility index (Phi) is 7.44. The summed E-state index contributed by atoms with van der Waals surface area (Å²) in [7, 11) is 1.66. The molecule has 0 spiro atoms. The van der Waals surface area contributed by atoms with E-state index >= 15 is 0 Å². The van der Waals surface area contributed by atoms with E-state index < -0.39 is 17.9 Å². The van der Waals surface area contributed by atoms with Crippen molar-refractivity contribution in [3.8, 4) is 0 Å². The monoisotopic (exact) mass is 509 g/mol. The number of hydrogen-bond acceptors (Lipinski definition) is 9. The first kappa shape index (κ1) is 25.9. The molecule has 35 heavy (non-hydrogen) atoms. The second-order valence-corrected chi connectivity index (χ2v) is 11.3. The first-order valence-corrected chi connectivity index (χ1v) is 12.9. The number of likely N-dealkylation sites (tertiary alicyclic amines) is 1. The largest absolute Gasteiger partial charge is 0.477 e. The molecule has 0 aromatic carbocycles. The Hall–Kier alpha value is -2.19. The maximum absolute atomic E-state index is 13.0. The molecule has 4 aliphatic rings. The number of nitrogens with zero attached hydrogens (tertiary/aromatic N) is 2. The minimum Gasteiger partial charge on any atom is -0.477 e. The average Bonchev–Trinajstić information content (AvgIpc) is 3.45. The lowest BCUT2D eigenvalue weighted by atomic mass is 9.78. The van der Waals surface area contributed by atoms with E-state index in [2.05, 4.69) is 16.0 Å². The van der Waals surface area contributed by atoms with E-state index in [0.717, 1.165) is 0 Å². The third kappa shape index (κ3) is 4.67. The number of carboxylic acids is 1. The van der Waals surface area contributed by atoms with Crippen molar-refractivity contribution >= 4 is 35.5 Å². The van der Waals surface area contributed by atoms with Gasteiger partial charge in [-0.05, 0) is 20.4 Å². The van der Waals surface area contributed by atoms with Crippen LogP contribution >= 0.6 is 11.8 Å². The summed E-state index contributed by atoms with van der Waals surface area (Å²) in [6.45, 7) is 5.26. The number of carboxylic acid groups (broad SMARTS) is 1. The number of likely N-dealkylation sites (N-methyl/N-ethyl adjacent to an activating group) is 1. The molecule has 194 valence electrons. The Morgan fingerprint density at radius 3 is 2.51 bits per heavy atom. The number of rotatable bonds is 8. The molecule has 13 heteroatoms. The fourth-order valence-electron chi connectivity index (χ4n) is 5.67. The minimum absolute atomic E-state index is 0.0132. The van der Waals surface area contributed by atoms with E-state index in [-0.39, 0.29) is 65.3 Å². The lowest BCUT2D eigenvalue weighted by molar-refractivity contribution is -0.158. The van der Waals surface area contributed by atoms with Crippen LogP contribution in [0, 0.1) is 11.8 Å². The van der Waals surface area contributed by atoms with E-state index in [1.165, 1.54) is 16.7 Å². The standard InChI is InChI=1S/C22H35N7O5S/c1-9-17-16(10(2)27-15(30)6-25-3)21(32)29(17)18(22(33)34)19(9)35-11-4-14(26-5-11)20(31)28-7-12(23)13(24)8-28/h9-14,16-17,25-26H,4-8,23-24H2,1-3H3,(H,27,30)(H,33,34)/t9-,10-,11+,12+,13+,14+,16-,17?/m1/s1. The van der Waals surface area contributed by atoms with Gasteiger partial charge >= 0.3 is 5.97 Å². The second-order valence-electron chi connectivity index (χ2n) is 9.93. The van der Waals surface area contributed by atoms with Gasteiger partial charge in [0.1, 0.15) is 5.70 Å². The molecule has 4 aliphatic heterocycles. The highest BCUT2D eigenvalue weighted by atomic mass is 32.2. The number of aliphatic carboxylic acids is 1. The Balaban J connectivity index is 1.43. The summed E-state index contributed by atoms with van der Waals surface area (Å²) >= 11 is 1.43.